The number of hydrogen-bond donors (Lipinski definition) is 2. The Bertz CT molecular complexity index is 1340. The van der Waals surface area contributed by atoms with Gasteiger partial charge >= 0.3 is 0 Å². The van der Waals surface area contributed by atoms with Crippen molar-refractivity contribution in [3.8, 4) is 11.1 Å². The fourth-order valence-electron chi connectivity index (χ4n) is 4.25. The molecule has 4 aromatic heterocycles. The van der Waals surface area contributed by atoms with Gasteiger partial charge in [0.15, 0.2) is 0 Å². The number of primary amides is 1. The predicted molar refractivity (Wildman–Crippen MR) is 127 cm³/mol. The van der Waals surface area contributed by atoms with E-state index in [2.05, 4.69) is 25.5 Å². The normalized spacial score (nSPS) is 18.0. The lowest BCUT2D eigenvalue weighted by atomic mass is 10.0. The summed E-state index contributed by atoms with van der Waals surface area (Å²) in [6.07, 6.45) is 10.0. The molecule has 1 amide bonds. The van der Waals surface area contributed by atoms with Crippen molar-refractivity contribution in [3.63, 3.8) is 0 Å². The maximum Gasteiger partial charge on any atom is 0.252 e. The Kier molecular flexibility index (Phi) is 5.78. The smallest absolute Gasteiger partial charge is 0.252 e. The number of hydrogen-bond acceptors (Lipinski definition) is 7. The first-order valence-electron chi connectivity index (χ1n) is 10.9. The first-order valence-corrected chi connectivity index (χ1v) is 11.2. The van der Waals surface area contributed by atoms with Crippen molar-refractivity contribution in [2.45, 2.75) is 19.5 Å². The average molecular weight is 484 g/mol. The summed E-state index contributed by atoms with van der Waals surface area (Å²) in [6, 6.07) is 1.60. The number of aromatic nitrogens is 6. The second-order valence-corrected chi connectivity index (χ2v) is 8.65. The van der Waals surface area contributed by atoms with E-state index in [1.165, 1.54) is 18.6 Å². The zero-order valence-corrected chi connectivity index (χ0v) is 19.2. The van der Waals surface area contributed by atoms with Gasteiger partial charge in [-0.25, -0.2) is 14.5 Å². The highest BCUT2D eigenvalue weighted by Gasteiger charge is 2.35. The number of aryl methyl sites for hydroxylation is 1. The molecule has 5 heterocycles. The molecule has 10 nitrogen and oxygen atoms in total. The highest BCUT2D eigenvalue weighted by Crippen LogP contribution is 2.31. The number of anilines is 2. The van der Waals surface area contributed by atoms with Crippen LogP contribution in [0.1, 0.15) is 17.3 Å². The fraction of sp³-hybridized carbons (Fsp3) is 0.318. The maximum atomic E-state index is 14.0. The first kappa shape index (κ1) is 22.1. The fourth-order valence-corrected chi connectivity index (χ4v) is 4.34. The lowest BCUT2D eigenvalue weighted by molar-refractivity contribution is 0.100. The third kappa shape index (κ3) is 4.03. The third-order valence-electron chi connectivity index (χ3n) is 6.05. The number of fused-ring (bicyclic) bond motifs is 1. The van der Waals surface area contributed by atoms with Crippen LogP contribution in [0, 0.1) is 5.92 Å². The molecule has 1 saturated heterocycles. The van der Waals surface area contributed by atoms with E-state index in [4.69, 9.17) is 17.3 Å². The van der Waals surface area contributed by atoms with Crippen molar-refractivity contribution in [1.82, 2.24) is 29.4 Å². The minimum atomic E-state index is -0.619. The van der Waals surface area contributed by atoms with Gasteiger partial charge in [-0.15, -0.1) is 0 Å². The minimum absolute atomic E-state index is 0.236. The summed E-state index contributed by atoms with van der Waals surface area (Å²) in [6.45, 7) is 3.09. The number of halogens is 2. The van der Waals surface area contributed by atoms with E-state index in [0.717, 1.165) is 17.7 Å². The van der Waals surface area contributed by atoms with Crippen molar-refractivity contribution in [3.05, 3.63) is 53.8 Å². The Balaban J connectivity index is 1.50. The molecule has 1 fully saturated rings. The van der Waals surface area contributed by atoms with Gasteiger partial charge < -0.3 is 16.0 Å². The van der Waals surface area contributed by atoms with Crippen molar-refractivity contribution >= 4 is 34.7 Å². The molecule has 0 aliphatic carbocycles. The van der Waals surface area contributed by atoms with Crippen LogP contribution < -0.4 is 16.0 Å². The topological polar surface area (TPSA) is 119 Å². The van der Waals surface area contributed by atoms with Crippen LogP contribution in [0.25, 0.3) is 16.6 Å². The van der Waals surface area contributed by atoms with Crippen LogP contribution in [0.15, 0.2) is 43.2 Å². The van der Waals surface area contributed by atoms with E-state index < -0.39 is 12.6 Å². The summed E-state index contributed by atoms with van der Waals surface area (Å²) < 4.78 is 17.5. The van der Waals surface area contributed by atoms with E-state index in [1.54, 1.807) is 10.7 Å². The molecule has 4 aromatic rings. The summed E-state index contributed by atoms with van der Waals surface area (Å²) in [4.78, 5) is 22.6. The van der Waals surface area contributed by atoms with E-state index in [0.29, 0.717) is 35.3 Å². The zero-order valence-electron chi connectivity index (χ0n) is 18.4. The molecule has 5 rings (SSSR count). The van der Waals surface area contributed by atoms with Gasteiger partial charge in [-0.1, -0.05) is 11.6 Å². The summed E-state index contributed by atoms with van der Waals surface area (Å²) in [7, 11) is 0. The molecule has 3 N–H and O–H groups in total. The molecule has 0 spiro atoms. The second-order valence-electron chi connectivity index (χ2n) is 8.21. The van der Waals surface area contributed by atoms with Crippen LogP contribution in [0.4, 0.5) is 16.0 Å². The largest absolute Gasteiger partial charge is 0.378 e. The van der Waals surface area contributed by atoms with Crippen LogP contribution in [0.5, 0.6) is 0 Å². The first-order chi connectivity index (χ1) is 16.5. The Labute approximate surface area is 199 Å². The van der Waals surface area contributed by atoms with Gasteiger partial charge in [-0.3, -0.25) is 13.9 Å². The van der Waals surface area contributed by atoms with E-state index in [-0.39, 0.29) is 17.5 Å². The van der Waals surface area contributed by atoms with Crippen molar-refractivity contribution in [1.29, 1.82) is 0 Å². The van der Waals surface area contributed by atoms with Crippen LogP contribution >= 0.6 is 11.6 Å². The van der Waals surface area contributed by atoms with Gasteiger partial charge in [0.05, 0.1) is 59.3 Å². The lowest BCUT2D eigenvalue weighted by Gasteiger charge is -2.21. The number of nitrogens with two attached hydrogens (primary N) is 1. The van der Waals surface area contributed by atoms with E-state index in [1.807, 2.05) is 35.0 Å². The molecule has 0 bridgehead atoms. The number of carbonyl (C=O) groups excluding carboxylic acids is 1. The molecule has 1 aliphatic heterocycles. The molecular weight excluding hydrogens is 461 g/mol. The minimum Gasteiger partial charge on any atom is -0.378 e. The second kappa shape index (κ2) is 8.90. The molecule has 0 aromatic carbocycles. The number of amides is 1. The molecule has 0 saturated carbocycles. The quantitative estimate of drug-likeness (QED) is 0.414. The number of alkyl halides is 1. The highest BCUT2D eigenvalue weighted by molar-refractivity contribution is 6.30. The third-order valence-corrected chi connectivity index (χ3v) is 6.25. The Morgan fingerprint density at radius 3 is 2.65 bits per heavy atom. The maximum absolute atomic E-state index is 14.0. The molecule has 1 aliphatic rings. The summed E-state index contributed by atoms with van der Waals surface area (Å²) in [5.41, 5.74) is 8.88. The molecule has 176 valence electrons. The van der Waals surface area contributed by atoms with Gasteiger partial charge in [-0.2, -0.15) is 10.2 Å². The van der Waals surface area contributed by atoms with E-state index in [9.17, 15) is 9.18 Å². The molecule has 0 radical (unpaired) electrons. The standard InChI is InChI=1S/C22H23ClFN9O/c1-2-32-10-15(5-28-32)13-3-19-20(17(21(25)34)8-29-33(19)11-13)30-18-12-31(9-14(18)4-24)22-26-6-16(23)7-27-22/h3,5-8,10-11,14,18,30H,2,4,9,12H2,1H3,(H2,25,34)/t14-,18+/m0/s1. The van der Waals surface area contributed by atoms with Crippen LogP contribution in [-0.2, 0) is 6.54 Å². The van der Waals surface area contributed by atoms with Gasteiger partial charge in [0.2, 0.25) is 5.95 Å². The van der Waals surface area contributed by atoms with Crippen LogP contribution in [0.2, 0.25) is 5.02 Å². The Morgan fingerprint density at radius 1 is 1.18 bits per heavy atom. The summed E-state index contributed by atoms with van der Waals surface area (Å²) in [5.74, 6) is -0.489. The van der Waals surface area contributed by atoms with Gasteiger partial charge in [-0.05, 0) is 13.0 Å². The van der Waals surface area contributed by atoms with Crippen LogP contribution in [0.3, 0.4) is 0 Å². The summed E-state index contributed by atoms with van der Waals surface area (Å²) in [5, 5.41) is 12.5. The van der Waals surface area contributed by atoms with Gasteiger partial charge in [0.25, 0.3) is 5.91 Å². The average Bonchev–Trinajstić information content (AvgIpc) is 3.57. The van der Waals surface area contributed by atoms with Crippen molar-refractivity contribution in [2.24, 2.45) is 11.7 Å². The number of nitrogens with one attached hydrogen (secondary N) is 1. The number of carbonyl (C=O) groups is 1. The van der Waals surface area contributed by atoms with Crippen molar-refractivity contribution in [2.75, 3.05) is 30.0 Å². The molecule has 12 heteroatoms. The summed E-state index contributed by atoms with van der Waals surface area (Å²) >= 11 is 5.90. The SMILES string of the molecule is CCn1cc(-c2cc3c(N[C@@H]4CN(c5ncc(Cl)cn5)C[C@@H]4CF)c(C(N)=O)cnn3c2)cn1. The molecule has 2 atom stereocenters. The zero-order chi connectivity index (χ0) is 23.8. The number of rotatable bonds is 7. The van der Waals surface area contributed by atoms with Crippen LogP contribution in [-0.4, -0.2) is 61.1 Å². The van der Waals surface area contributed by atoms with Gasteiger partial charge in [0, 0.05) is 49.1 Å². The molecular formula is C22H23ClFN9O. The predicted octanol–water partition coefficient (Wildman–Crippen LogP) is 2.65. The molecule has 34 heavy (non-hydrogen) atoms. The van der Waals surface area contributed by atoms with Gasteiger partial charge in [0.1, 0.15) is 0 Å². The number of nitrogens with zero attached hydrogens (tertiary/aromatic N) is 7. The van der Waals surface area contributed by atoms with E-state index >= 15 is 0 Å². The lowest BCUT2D eigenvalue weighted by Crippen LogP contribution is -2.31. The Morgan fingerprint density at radius 2 is 1.97 bits per heavy atom. The monoisotopic (exact) mass is 483 g/mol. The Hall–Kier alpha value is -3.73. The van der Waals surface area contributed by atoms with Crippen molar-refractivity contribution < 1.29 is 9.18 Å². The molecule has 0 unspecified atom stereocenters. The highest BCUT2D eigenvalue weighted by atomic mass is 35.5.